The van der Waals surface area contributed by atoms with E-state index in [4.69, 9.17) is 24.1 Å². The van der Waals surface area contributed by atoms with Crippen molar-refractivity contribution in [2.24, 2.45) is 11.8 Å². The van der Waals surface area contributed by atoms with Gasteiger partial charge in [0.2, 0.25) is 0 Å². The highest BCUT2D eigenvalue weighted by atomic mass is 32.1. The van der Waals surface area contributed by atoms with Crippen molar-refractivity contribution >= 4 is 66.2 Å². The first-order chi connectivity index (χ1) is 22.6. The lowest BCUT2D eigenvalue weighted by Gasteiger charge is -2.21. The van der Waals surface area contributed by atoms with Crippen molar-refractivity contribution in [1.29, 1.82) is 0 Å². The lowest BCUT2D eigenvalue weighted by molar-refractivity contribution is -0.141. The summed E-state index contributed by atoms with van der Waals surface area (Å²) in [7, 11) is 2.77. The third-order valence-corrected chi connectivity index (χ3v) is 10.3. The Hall–Kier alpha value is -4.10. The number of rotatable bonds is 17. The van der Waals surface area contributed by atoms with E-state index in [1.165, 1.54) is 40.2 Å². The molecule has 4 atom stereocenters. The largest absolute Gasteiger partial charge is 0.493 e. The number of ketones is 3. The van der Waals surface area contributed by atoms with E-state index in [1.54, 1.807) is 32.9 Å². The number of hydrogen-bond acceptors (Lipinski definition) is 10. The van der Waals surface area contributed by atoms with Gasteiger partial charge in [-0.2, -0.15) is 0 Å². The number of carbonyl (C=O) groups excluding carboxylic acids is 3. The van der Waals surface area contributed by atoms with Crippen molar-refractivity contribution in [1.82, 2.24) is 0 Å². The van der Waals surface area contributed by atoms with E-state index in [0.29, 0.717) is 27.1 Å². The van der Waals surface area contributed by atoms with Crippen LogP contribution >= 0.6 is 22.7 Å². The van der Waals surface area contributed by atoms with Gasteiger partial charge in [0.15, 0.2) is 46.2 Å². The highest BCUT2D eigenvalue weighted by Gasteiger charge is 2.26. The lowest BCUT2D eigenvalue weighted by atomic mass is 10.00. The van der Waals surface area contributed by atoms with E-state index in [1.807, 2.05) is 0 Å². The van der Waals surface area contributed by atoms with E-state index in [2.05, 4.69) is 0 Å². The van der Waals surface area contributed by atoms with Crippen molar-refractivity contribution in [3.8, 4) is 23.0 Å². The number of ether oxygens (including phenoxy) is 4. The molecule has 13 heteroatoms. The summed E-state index contributed by atoms with van der Waals surface area (Å²) in [4.78, 5) is 48.8. The summed E-state index contributed by atoms with van der Waals surface area (Å²) in [5.74, 6) is -4.42. The van der Waals surface area contributed by atoms with E-state index >= 15 is 8.78 Å². The predicted octanol–water partition coefficient (Wildman–Crippen LogP) is 8.52. The second-order valence-corrected chi connectivity index (χ2v) is 14.1. The summed E-state index contributed by atoms with van der Waals surface area (Å²) >= 11 is 2.18. The molecule has 9 nitrogen and oxygen atoms in total. The smallest absolute Gasteiger partial charge is 0.306 e. The molecule has 0 aliphatic heterocycles. The number of carbonyl (C=O) groups is 4. The first kappa shape index (κ1) is 36.7. The van der Waals surface area contributed by atoms with Gasteiger partial charge in [-0.1, -0.05) is 13.8 Å². The van der Waals surface area contributed by atoms with E-state index in [0.717, 1.165) is 22.7 Å². The quantitative estimate of drug-likeness (QED) is 0.108. The van der Waals surface area contributed by atoms with Crippen LogP contribution in [0.1, 0.15) is 79.6 Å². The van der Waals surface area contributed by atoms with Gasteiger partial charge in [-0.3, -0.25) is 19.2 Å². The maximum atomic E-state index is 15.7. The number of hydrogen-bond donors (Lipinski definition) is 1. The molecule has 0 amide bonds. The molecule has 0 aliphatic rings. The van der Waals surface area contributed by atoms with Crippen LogP contribution in [-0.4, -0.2) is 54.9 Å². The number of thiophene rings is 2. The highest BCUT2D eigenvalue weighted by Crippen LogP contribution is 2.43. The summed E-state index contributed by atoms with van der Waals surface area (Å²) in [5.41, 5.74) is 0. The average Bonchev–Trinajstić information content (AvgIpc) is 3.67. The maximum Gasteiger partial charge on any atom is 0.306 e. The van der Waals surface area contributed by atoms with Gasteiger partial charge in [-0.15, -0.1) is 22.7 Å². The Morgan fingerprint density at radius 1 is 0.708 bits per heavy atom. The molecular weight excluding hydrogens is 667 g/mol. The number of carboxylic acid groups (broad SMARTS) is 1. The zero-order valence-corrected chi connectivity index (χ0v) is 29.4. The fraction of sp³-hybridized carbons (Fsp3) is 0.429. The summed E-state index contributed by atoms with van der Waals surface area (Å²) in [5, 5.41) is 9.51. The molecule has 0 aliphatic carbocycles. The van der Waals surface area contributed by atoms with E-state index < -0.39 is 47.4 Å². The Balaban J connectivity index is 1.46. The molecule has 0 spiro atoms. The fourth-order valence-electron chi connectivity index (χ4n) is 4.97. The van der Waals surface area contributed by atoms with Crippen LogP contribution in [0.15, 0.2) is 24.3 Å². The first-order valence-corrected chi connectivity index (χ1v) is 17.0. The number of benzene rings is 2. The summed E-state index contributed by atoms with van der Waals surface area (Å²) in [6.45, 7) is 8.05. The number of Topliss-reactive ketones (excluding diaryl/α,β-unsaturated/α-hetero) is 3. The Bertz CT molecular complexity index is 1730. The molecule has 258 valence electrons. The Morgan fingerprint density at radius 2 is 1.10 bits per heavy atom. The zero-order valence-electron chi connectivity index (χ0n) is 27.7. The van der Waals surface area contributed by atoms with Crippen LogP contribution in [0.5, 0.6) is 23.0 Å². The molecule has 2 aromatic heterocycles. The molecule has 4 aromatic rings. The number of fused-ring (bicyclic) bond motifs is 2. The molecule has 2 aromatic carbocycles. The molecule has 2 heterocycles. The predicted molar refractivity (Wildman–Crippen MR) is 181 cm³/mol. The Morgan fingerprint density at radius 3 is 1.46 bits per heavy atom. The molecule has 48 heavy (non-hydrogen) atoms. The SMILES string of the molecule is COc1cc2sc(C(=O)C[C@H](C)C(C)=O)cc2c(F)c1OC(C)CCC(C)Oc1c(OC)cc2sc(C(=O)C[C@H](C)C(=O)O)cc2c1F. The first-order valence-electron chi connectivity index (χ1n) is 15.4. The Labute approximate surface area is 284 Å². The molecule has 0 saturated heterocycles. The van der Waals surface area contributed by atoms with Crippen molar-refractivity contribution in [2.75, 3.05) is 14.2 Å². The van der Waals surface area contributed by atoms with Crippen molar-refractivity contribution < 1.29 is 52.0 Å². The van der Waals surface area contributed by atoms with Gasteiger partial charge in [0.05, 0.1) is 42.1 Å². The second kappa shape index (κ2) is 15.4. The zero-order chi connectivity index (χ0) is 35.4. The third-order valence-electron chi connectivity index (χ3n) is 8.07. The standard InChI is InChI=1S/C35H38F2O9S2/c1-16(20(5)38)10-23(39)29-12-21-27(47-29)14-25(43-6)33(31(21)36)45-18(3)8-9-19(4)46-34-26(44-7)15-28-22(32(34)37)13-30(48-28)24(40)11-17(2)35(41)42/h12-19H,8-11H2,1-7H3,(H,41,42)/t16-,17-,18?,19?/m0/s1. The molecule has 0 bridgehead atoms. The molecule has 4 rings (SSSR count). The van der Waals surface area contributed by atoms with E-state index in [-0.39, 0.29) is 63.1 Å². The van der Waals surface area contributed by atoms with Crippen LogP contribution in [-0.2, 0) is 9.59 Å². The second-order valence-electron chi connectivity index (χ2n) is 11.9. The molecule has 1 N–H and O–H groups in total. The van der Waals surface area contributed by atoms with Crippen LogP contribution in [0.4, 0.5) is 8.78 Å². The normalized spacial score (nSPS) is 13.9. The minimum Gasteiger partial charge on any atom is -0.493 e. The minimum atomic E-state index is -1.09. The van der Waals surface area contributed by atoms with Crippen LogP contribution < -0.4 is 18.9 Å². The maximum absolute atomic E-state index is 15.7. The van der Waals surface area contributed by atoms with Crippen molar-refractivity contribution in [3.05, 3.63) is 45.7 Å². The van der Waals surface area contributed by atoms with Crippen LogP contribution in [0.2, 0.25) is 0 Å². The summed E-state index contributed by atoms with van der Waals surface area (Å²) < 4.78 is 55.2. The summed E-state index contributed by atoms with van der Waals surface area (Å²) in [6, 6.07) is 6.06. The van der Waals surface area contributed by atoms with Crippen molar-refractivity contribution in [2.45, 2.75) is 72.5 Å². The number of methoxy groups -OCH3 is 2. The Kier molecular flexibility index (Phi) is 11.8. The molecule has 0 fully saturated rings. The van der Waals surface area contributed by atoms with Gasteiger partial charge >= 0.3 is 5.97 Å². The number of halogens is 2. The summed E-state index contributed by atoms with van der Waals surface area (Å²) in [6.07, 6.45) is -0.428. The van der Waals surface area contributed by atoms with E-state index in [9.17, 15) is 19.2 Å². The molecule has 2 unspecified atom stereocenters. The van der Waals surface area contributed by atoms with Crippen LogP contribution in [0, 0.1) is 23.5 Å². The van der Waals surface area contributed by atoms with Gasteiger partial charge < -0.3 is 24.1 Å². The molecular formula is C35H38F2O9S2. The van der Waals surface area contributed by atoms with Crippen LogP contribution in [0.3, 0.4) is 0 Å². The monoisotopic (exact) mass is 704 g/mol. The minimum absolute atomic E-state index is 0.0348. The van der Waals surface area contributed by atoms with Crippen LogP contribution in [0.25, 0.3) is 20.2 Å². The lowest BCUT2D eigenvalue weighted by Crippen LogP contribution is -2.19. The van der Waals surface area contributed by atoms with Gasteiger partial charge in [0, 0.05) is 51.1 Å². The topological polar surface area (TPSA) is 125 Å². The van der Waals surface area contributed by atoms with Crippen molar-refractivity contribution in [3.63, 3.8) is 0 Å². The average molecular weight is 705 g/mol. The number of carboxylic acids is 1. The fourth-order valence-corrected chi connectivity index (χ4v) is 7.04. The van der Waals surface area contributed by atoms with Gasteiger partial charge in [-0.05, 0) is 45.7 Å². The van der Waals surface area contributed by atoms with Gasteiger partial charge in [0.25, 0.3) is 0 Å². The highest BCUT2D eigenvalue weighted by molar-refractivity contribution is 7.21. The molecule has 0 saturated carbocycles. The third kappa shape index (κ3) is 8.12. The van der Waals surface area contributed by atoms with Gasteiger partial charge in [0.1, 0.15) is 5.78 Å². The van der Waals surface area contributed by atoms with Gasteiger partial charge in [-0.25, -0.2) is 8.78 Å². The molecule has 0 radical (unpaired) electrons. The number of aliphatic carboxylic acids is 1.